The van der Waals surface area contributed by atoms with E-state index in [0.717, 1.165) is 12.1 Å². The molecule has 3 N–H and O–H groups in total. The van der Waals surface area contributed by atoms with Crippen LogP contribution in [0.2, 0.25) is 0 Å². The SMILES string of the molecule is COCCOc1ccc(C(=O)N[C@H]2CN(C(=O)Nc3cccc(C(F)(F)F)c3)CCC[C@H]2O)cc1. The number of alkyl halides is 3. The highest BCUT2D eigenvalue weighted by molar-refractivity contribution is 5.94. The first-order chi connectivity index (χ1) is 16.7. The van der Waals surface area contributed by atoms with Gasteiger partial charge in [-0.1, -0.05) is 6.07 Å². The molecule has 0 radical (unpaired) electrons. The van der Waals surface area contributed by atoms with E-state index >= 15 is 0 Å². The number of ether oxygens (including phenoxy) is 2. The largest absolute Gasteiger partial charge is 0.491 e. The third-order valence-corrected chi connectivity index (χ3v) is 5.53. The van der Waals surface area contributed by atoms with Gasteiger partial charge in [-0.15, -0.1) is 0 Å². The number of urea groups is 1. The summed E-state index contributed by atoms with van der Waals surface area (Å²) in [6.07, 6.45) is -4.60. The molecule has 2 aromatic rings. The number of anilines is 1. The summed E-state index contributed by atoms with van der Waals surface area (Å²) in [7, 11) is 1.56. The van der Waals surface area contributed by atoms with Gasteiger partial charge in [-0.2, -0.15) is 13.2 Å². The maximum absolute atomic E-state index is 13.0. The number of aliphatic hydroxyl groups excluding tert-OH is 1. The highest BCUT2D eigenvalue weighted by atomic mass is 19.4. The number of nitrogens with one attached hydrogen (secondary N) is 2. The summed E-state index contributed by atoms with van der Waals surface area (Å²) in [5.41, 5.74) is -0.523. The van der Waals surface area contributed by atoms with Gasteiger partial charge in [0.15, 0.2) is 0 Å². The number of rotatable bonds is 7. The molecule has 190 valence electrons. The van der Waals surface area contributed by atoms with E-state index in [2.05, 4.69) is 10.6 Å². The van der Waals surface area contributed by atoms with Crippen LogP contribution in [0, 0.1) is 0 Å². The molecule has 2 aromatic carbocycles. The highest BCUT2D eigenvalue weighted by Gasteiger charge is 2.32. The van der Waals surface area contributed by atoms with Crippen LogP contribution in [0.1, 0.15) is 28.8 Å². The Morgan fingerprint density at radius 1 is 1.14 bits per heavy atom. The van der Waals surface area contributed by atoms with Gasteiger partial charge in [-0.3, -0.25) is 4.79 Å². The smallest absolute Gasteiger partial charge is 0.416 e. The molecule has 35 heavy (non-hydrogen) atoms. The van der Waals surface area contributed by atoms with Crippen LogP contribution in [0.5, 0.6) is 5.75 Å². The zero-order valence-corrected chi connectivity index (χ0v) is 19.2. The van der Waals surface area contributed by atoms with Crippen molar-refractivity contribution < 1.29 is 37.3 Å². The van der Waals surface area contributed by atoms with Crippen molar-refractivity contribution in [2.45, 2.75) is 31.2 Å². The van der Waals surface area contributed by atoms with Crippen molar-refractivity contribution in [1.82, 2.24) is 10.2 Å². The lowest BCUT2D eigenvalue weighted by Crippen LogP contribution is -2.50. The van der Waals surface area contributed by atoms with Crippen molar-refractivity contribution in [2.24, 2.45) is 0 Å². The van der Waals surface area contributed by atoms with Crippen molar-refractivity contribution >= 4 is 17.6 Å². The Bertz CT molecular complexity index is 1000. The van der Waals surface area contributed by atoms with Crippen molar-refractivity contribution in [2.75, 3.05) is 38.7 Å². The summed E-state index contributed by atoms with van der Waals surface area (Å²) in [6, 6.07) is 9.42. The van der Waals surface area contributed by atoms with Crippen LogP contribution >= 0.6 is 0 Å². The molecule has 8 nitrogen and oxygen atoms in total. The molecule has 2 atom stereocenters. The number of halogens is 3. The zero-order chi connectivity index (χ0) is 25.4. The molecule has 1 aliphatic rings. The van der Waals surface area contributed by atoms with Gasteiger partial charge in [0, 0.05) is 31.5 Å². The molecule has 11 heteroatoms. The number of carbonyl (C=O) groups is 2. The van der Waals surface area contributed by atoms with Gasteiger partial charge in [0.25, 0.3) is 5.91 Å². The molecule has 0 spiro atoms. The maximum atomic E-state index is 13.0. The van der Waals surface area contributed by atoms with Crippen LogP contribution in [-0.2, 0) is 10.9 Å². The number of aliphatic hydroxyl groups is 1. The average Bonchev–Trinajstić information content (AvgIpc) is 3.00. The first kappa shape index (κ1) is 26.3. The fourth-order valence-electron chi connectivity index (χ4n) is 3.64. The van der Waals surface area contributed by atoms with Crippen molar-refractivity contribution in [3.05, 3.63) is 59.7 Å². The zero-order valence-electron chi connectivity index (χ0n) is 19.2. The van der Waals surface area contributed by atoms with Gasteiger partial charge in [0.1, 0.15) is 12.4 Å². The molecule has 1 aliphatic heterocycles. The number of hydrogen-bond acceptors (Lipinski definition) is 5. The second kappa shape index (κ2) is 11.9. The Morgan fingerprint density at radius 3 is 2.57 bits per heavy atom. The number of amides is 3. The molecule has 3 rings (SSSR count). The minimum Gasteiger partial charge on any atom is -0.491 e. The Balaban J connectivity index is 1.62. The van der Waals surface area contributed by atoms with E-state index in [1.165, 1.54) is 17.0 Å². The fraction of sp³-hybridized carbons (Fsp3) is 0.417. The summed E-state index contributed by atoms with van der Waals surface area (Å²) >= 11 is 0. The van der Waals surface area contributed by atoms with Gasteiger partial charge in [0.2, 0.25) is 0 Å². The molecular formula is C24H28F3N3O5. The molecular weight excluding hydrogens is 467 g/mol. The molecule has 1 fully saturated rings. The minimum absolute atomic E-state index is 0.00279. The number of carbonyl (C=O) groups excluding carboxylic acids is 2. The van der Waals surface area contributed by atoms with Crippen LogP contribution in [0.25, 0.3) is 0 Å². The average molecular weight is 495 g/mol. The van der Waals surface area contributed by atoms with E-state index < -0.39 is 35.8 Å². The first-order valence-electron chi connectivity index (χ1n) is 11.1. The van der Waals surface area contributed by atoms with Gasteiger partial charge in [0.05, 0.1) is 24.3 Å². The molecule has 1 heterocycles. The lowest BCUT2D eigenvalue weighted by atomic mass is 10.1. The molecule has 3 amide bonds. The van der Waals surface area contributed by atoms with Crippen LogP contribution in [0.15, 0.2) is 48.5 Å². The molecule has 1 saturated heterocycles. The van der Waals surface area contributed by atoms with Crippen molar-refractivity contribution in [3.8, 4) is 5.75 Å². The van der Waals surface area contributed by atoms with Gasteiger partial charge in [-0.25, -0.2) is 4.79 Å². The Morgan fingerprint density at radius 2 is 1.89 bits per heavy atom. The Kier molecular flexibility index (Phi) is 8.94. The van der Waals surface area contributed by atoms with E-state index in [4.69, 9.17) is 9.47 Å². The summed E-state index contributed by atoms with van der Waals surface area (Å²) in [5, 5.41) is 15.7. The standard InChI is InChI=1S/C24H28F3N3O5/c1-34-12-13-35-19-9-7-16(8-10-19)22(32)29-20-15-30(11-3-6-21(20)31)23(33)28-18-5-2-4-17(14-18)24(25,26)27/h2,4-5,7-10,14,20-21,31H,3,6,11-13,15H2,1H3,(H,28,33)(H,29,32)/t20-,21+/m0/s1. The lowest BCUT2D eigenvalue weighted by molar-refractivity contribution is -0.137. The summed E-state index contributed by atoms with van der Waals surface area (Å²) in [5.74, 6) is 0.142. The third kappa shape index (κ3) is 7.59. The summed E-state index contributed by atoms with van der Waals surface area (Å²) in [4.78, 5) is 26.9. The third-order valence-electron chi connectivity index (χ3n) is 5.53. The molecule has 0 bridgehead atoms. The molecule has 0 unspecified atom stereocenters. The molecule has 0 saturated carbocycles. The minimum atomic E-state index is -4.53. The number of methoxy groups -OCH3 is 1. The van der Waals surface area contributed by atoms with E-state index in [1.807, 2.05) is 0 Å². The molecule has 0 aromatic heterocycles. The summed E-state index contributed by atoms with van der Waals surface area (Å²) in [6.45, 7) is 1.08. The van der Waals surface area contributed by atoms with E-state index in [-0.39, 0.29) is 18.8 Å². The highest BCUT2D eigenvalue weighted by Crippen LogP contribution is 2.30. The van der Waals surface area contributed by atoms with Gasteiger partial charge >= 0.3 is 12.2 Å². The first-order valence-corrected chi connectivity index (χ1v) is 11.1. The Labute approximate surface area is 201 Å². The number of benzene rings is 2. The quantitative estimate of drug-likeness (QED) is 0.511. The van der Waals surface area contributed by atoms with Crippen LogP contribution in [-0.4, -0.2) is 67.5 Å². The predicted octanol–water partition coefficient (Wildman–Crippen LogP) is 3.52. The topological polar surface area (TPSA) is 100 Å². The second-order valence-electron chi connectivity index (χ2n) is 8.11. The lowest BCUT2D eigenvalue weighted by Gasteiger charge is -2.27. The number of hydrogen-bond donors (Lipinski definition) is 3. The summed E-state index contributed by atoms with van der Waals surface area (Å²) < 4.78 is 49.3. The van der Waals surface area contributed by atoms with Gasteiger partial charge < -0.3 is 30.1 Å². The van der Waals surface area contributed by atoms with Crippen molar-refractivity contribution in [1.29, 1.82) is 0 Å². The number of likely N-dealkylation sites (tertiary alicyclic amines) is 1. The monoisotopic (exact) mass is 495 g/mol. The van der Waals surface area contributed by atoms with Crippen LogP contribution in [0.4, 0.5) is 23.7 Å². The molecule has 0 aliphatic carbocycles. The normalized spacial score (nSPS) is 18.5. The second-order valence-corrected chi connectivity index (χ2v) is 8.11. The maximum Gasteiger partial charge on any atom is 0.416 e. The van der Waals surface area contributed by atoms with Crippen LogP contribution in [0.3, 0.4) is 0 Å². The number of nitrogens with zero attached hydrogens (tertiary/aromatic N) is 1. The Hall–Kier alpha value is -3.31. The fourth-order valence-corrected chi connectivity index (χ4v) is 3.64. The van der Waals surface area contributed by atoms with E-state index in [0.29, 0.717) is 37.4 Å². The van der Waals surface area contributed by atoms with Gasteiger partial charge in [-0.05, 0) is 55.3 Å². The van der Waals surface area contributed by atoms with E-state index in [9.17, 15) is 27.9 Å². The van der Waals surface area contributed by atoms with Crippen molar-refractivity contribution in [3.63, 3.8) is 0 Å². The van der Waals surface area contributed by atoms with Crippen LogP contribution < -0.4 is 15.4 Å². The van der Waals surface area contributed by atoms with E-state index in [1.54, 1.807) is 31.4 Å². The predicted molar refractivity (Wildman–Crippen MR) is 122 cm³/mol.